The molecule has 2 aromatic heterocycles. The first kappa shape index (κ1) is 19.6. The van der Waals surface area contributed by atoms with E-state index >= 15 is 0 Å². The molecule has 0 atom stereocenters. The molecule has 2 fully saturated rings. The van der Waals surface area contributed by atoms with Crippen LogP contribution in [0, 0.1) is 11.8 Å². The highest BCUT2D eigenvalue weighted by Gasteiger charge is 2.38. The summed E-state index contributed by atoms with van der Waals surface area (Å²) in [6, 6.07) is 2.30. The first-order chi connectivity index (χ1) is 13.5. The van der Waals surface area contributed by atoms with Crippen molar-refractivity contribution in [1.29, 1.82) is 0 Å². The van der Waals surface area contributed by atoms with Crippen LogP contribution in [0.25, 0.3) is 11.0 Å². The molecule has 1 saturated heterocycles. The molecule has 0 unspecified atom stereocenters. The molecule has 3 heterocycles. The highest BCUT2D eigenvalue weighted by molar-refractivity contribution is 7.89. The van der Waals surface area contributed by atoms with E-state index in [2.05, 4.69) is 19.9 Å². The second-order valence-corrected chi connectivity index (χ2v) is 10.1. The van der Waals surface area contributed by atoms with Gasteiger partial charge in [0, 0.05) is 46.1 Å². The molecule has 2 aromatic rings. The molecule has 2 aliphatic rings. The Kier molecular flexibility index (Phi) is 5.57. The van der Waals surface area contributed by atoms with Crippen molar-refractivity contribution >= 4 is 26.9 Å². The molecule has 1 aliphatic carbocycles. The highest BCUT2D eigenvalue weighted by Crippen LogP contribution is 2.36. The van der Waals surface area contributed by atoms with Gasteiger partial charge < -0.3 is 14.6 Å². The van der Waals surface area contributed by atoms with E-state index in [9.17, 15) is 8.42 Å². The van der Waals surface area contributed by atoms with E-state index in [0.29, 0.717) is 25.0 Å². The second kappa shape index (κ2) is 7.96. The van der Waals surface area contributed by atoms with Gasteiger partial charge in [-0.2, -0.15) is 0 Å². The van der Waals surface area contributed by atoms with Gasteiger partial charge in [-0.15, -0.1) is 0 Å². The van der Waals surface area contributed by atoms with Crippen molar-refractivity contribution in [1.82, 2.24) is 19.3 Å². The molecule has 0 bridgehead atoms. The smallest absolute Gasteiger partial charge is 0.214 e. The Balaban J connectivity index is 1.31. The number of aromatic nitrogens is 3. The Hall–Kier alpha value is -1.71. The summed E-state index contributed by atoms with van der Waals surface area (Å²) in [5.41, 5.74) is 0.826. The molecule has 1 saturated carbocycles. The lowest BCUT2D eigenvalue weighted by molar-refractivity contribution is 0.121. The Labute approximate surface area is 166 Å². The van der Waals surface area contributed by atoms with Gasteiger partial charge in [-0.05, 0) is 43.6 Å². The number of hydrogen-bond donors (Lipinski definition) is 1. The van der Waals surface area contributed by atoms with Gasteiger partial charge in [0.25, 0.3) is 0 Å². The van der Waals surface area contributed by atoms with E-state index in [4.69, 9.17) is 4.74 Å². The fourth-order valence-corrected chi connectivity index (χ4v) is 6.30. The molecule has 4 rings (SSSR count). The van der Waals surface area contributed by atoms with Crippen LogP contribution in [0.2, 0.25) is 0 Å². The first-order valence-electron chi connectivity index (χ1n) is 9.95. The van der Waals surface area contributed by atoms with Crippen LogP contribution in [0.3, 0.4) is 0 Å². The molecule has 1 N–H and O–H groups in total. The van der Waals surface area contributed by atoms with Gasteiger partial charge in [-0.1, -0.05) is 0 Å². The summed E-state index contributed by atoms with van der Waals surface area (Å²) in [6.07, 6.45) is 6.98. The van der Waals surface area contributed by atoms with Crippen LogP contribution in [0.1, 0.15) is 25.7 Å². The molecule has 154 valence electrons. The lowest BCUT2D eigenvalue weighted by atomic mass is 9.81. The summed E-state index contributed by atoms with van der Waals surface area (Å²) in [5, 5.41) is 1.00. The zero-order chi connectivity index (χ0) is 19.7. The van der Waals surface area contributed by atoms with Gasteiger partial charge in [0.2, 0.25) is 10.0 Å². The minimum Gasteiger partial charge on any atom is -0.384 e. The molecule has 1 aliphatic heterocycles. The number of sulfonamides is 1. The van der Waals surface area contributed by atoms with Gasteiger partial charge in [0.15, 0.2) is 0 Å². The van der Waals surface area contributed by atoms with Gasteiger partial charge in [0.05, 0.1) is 11.1 Å². The van der Waals surface area contributed by atoms with E-state index in [0.717, 1.165) is 49.1 Å². The maximum atomic E-state index is 12.8. The summed E-state index contributed by atoms with van der Waals surface area (Å²) < 4.78 is 32.5. The lowest BCUT2D eigenvalue weighted by Gasteiger charge is -2.42. The summed E-state index contributed by atoms with van der Waals surface area (Å²) >= 11 is 0. The number of nitrogens with zero attached hydrogens (tertiary/aromatic N) is 4. The summed E-state index contributed by atoms with van der Waals surface area (Å²) in [5.74, 6) is 1.86. The molecular formula is C19H29N5O3S. The predicted octanol–water partition coefficient (Wildman–Crippen LogP) is 1.86. The SMILES string of the molecule is COCC1CCN(S(=O)(=O)C[C@H]2C[C@@H](N(C)c3ncnc4[nH]ccc34)C2)CC1. The van der Waals surface area contributed by atoms with Crippen LogP contribution in [-0.4, -0.2) is 73.3 Å². The Bertz CT molecular complexity index is 901. The zero-order valence-electron chi connectivity index (χ0n) is 16.5. The van der Waals surface area contributed by atoms with Crippen LogP contribution < -0.4 is 4.90 Å². The normalized spacial score (nSPS) is 24.4. The maximum absolute atomic E-state index is 12.8. The van der Waals surface area contributed by atoms with Crippen molar-refractivity contribution < 1.29 is 13.2 Å². The third-order valence-corrected chi connectivity index (χ3v) is 8.29. The lowest BCUT2D eigenvalue weighted by Crippen LogP contribution is -2.48. The molecule has 0 aromatic carbocycles. The third kappa shape index (κ3) is 3.88. The number of methoxy groups -OCH3 is 1. The van der Waals surface area contributed by atoms with Crippen molar-refractivity contribution in [3.63, 3.8) is 0 Å². The standard InChI is InChI=1S/C19H29N5O3S/c1-23(19-17-3-6-20-18(17)21-13-22-19)16-9-15(10-16)12-28(25,26)24-7-4-14(5-8-24)11-27-2/h3,6,13-16H,4-5,7-12H2,1-2H3,(H,20,21,22)/t15-,16+. The molecule has 8 nitrogen and oxygen atoms in total. The predicted molar refractivity (Wildman–Crippen MR) is 109 cm³/mol. The molecule has 0 radical (unpaired) electrons. The van der Waals surface area contributed by atoms with Gasteiger partial charge in [-0.25, -0.2) is 22.7 Å². The number of piperidine rings is 1. The number of rotatable bonds is 7. The number of aromatic amines is 1. The molecule has 28 heavy (non-hydrogen) atoms. The second-order valence-electron chi connectivity index (χ2n) is 8.12. The maximum Gasteiger partial charge on any atom is 0.214 e. The topological polar surface area (TPSA) is 91.4 Å². The van der Waals surface area contributed by atoms with Gasteiger partial charge in [0.1, 0.15) is 17.8 Å². The summed E-state index contributed by atoms with van der Waals surface area (Å²) in [6.45, 7) is 1.97. The van der Waals surface area contributed by atoms with Crippen LogP contribution in [0.4, 0.5) is 5.82 Å². The first-order valence-corrected chi connectivity index (χ1v) is 11.6. The van der Waals surface area contributed by atoms with Crippen molar-refractivity contribution in [3.05, 3.63) is 18.6 Å². The number of anilines is 1. The number of hydrogen-bond acceptors (Lipinski definition) is 6. The minimum absolute atomic E-state index is 0.220. The minimum atomic E-state index is -3.18. The fraction of sp³-hybridized carbons (Fsp3) is 0.684. The van der Waals surface area contributed by atoms with E-state index in [1.165, 1.54) is 0 Å². The summed E-state index contributed by atoms with van der Waals surface area (Å²) in [7, 11) is 0.559. The highest BCUT2D eigenvalue weighted by atomic mass is 32.2. The monoisotopic (exact) mass is 407 g/mol. The summed E-state index contributed by atoms with van der Waals surface area (Å²) in [4.78, 5) is 13.9. The van der Waals surface area contributed by atoms with Crippen molar-refractivity contribution in [3.8, 4) is 0 Å². The number of H-pyrrole nitrogens is 1. The van der Waals surface area contributed by atoms with Crippen LogP contribution in [0.15, 0.2) is 18.6 Å². The van der Waals surface area contributed by atoms with Crippen molar-refractivity contribution in [2.45, 2.75) is 31.7 Å². The fourth-order valence-electron chi connectivity index (χ4n) is 4.46. The number of ether oxygens (including phenoxy) is 1. The van der Waals surface area contributed by atoms with Crippen LogP contribution in [-0.2, 0) is 14.8 Å². The van der Waals surface area contributed by atoms with Crippen LogP contribution in [0.5, 0.6) is 0 Å². The zero-order valence-corrected chi connectivity index (χ0v) is 17.4. The van der Waals surface area contributed by atoms with Crippen molar-refractivity contribution in [2.24, 2.45) is 11.8 Å². The number of fused-ring (bicyclic) bond motifs is 1. The van der Waals surface area contributed by atoms with Crippen molar-refractivity contribution in [2.75, 3.05) is 44.5 Å². The van der Waals surface area contributed by atoms with E-state index in [1.807, 2.05) is 19.3 Å². The van der Waals surface area contributed by atoms with E-state index in [1.54, 1.807) is 17.7 Å². The Morgan fingerprint density at radius 3 is 2.71 bits per heavy atom. The Morgan fingerprint density at radius 2 is 2.00 bits per heavy atom. The van der Waals surface area contributed by atoms with E-state index in [-0.39, 0.29) is 11.7 Å². The molecular weight excluding hydrogens is 378 g/mol. The Morgan fingerprint density at radius 1 is 1.25 bits per heavy atom. The van der Waals surface area contributed by atoms with Crippen LogP contribution >= 0.6 is 0 Å². The molecule has 0 amide bonds. The van der Waals surface area contributed by atoms with Gasteiger partial charge in [-0.3, -0.25) is 0 Å². The largest absolute Gasteiger partial charge is 0.384 e. The quantitative estimate of drug-likeness (QED) is 0.753. The molecule has 0 spiro atoms. The third-order valence-electron chi connectivity index (χ3n) is 6.24. The van der Waals surface area contributed by atoms with E-state index < -0.39 is 10.0 Å². The average Bonchev–Trinajstić information content (AvgIpc) is 3.13. The van der Waals surface area contributed by atoms with Gasteiger partial charge >= 0.3 is 0 Å². The molecule has 9 heteroatoms. The number of nitrogens with one attached hydrogen (secondary N) is 1. The average molecular weight is 408 g/mol.